The number of likely N-dealkylation sites (tertiary alicyclic amines) is 1. The van der Waals surface area contributed by atoms with E-state index in [1.807, 2.05) is 11.8 Å². The van der Waals surface area contributed by atoms with Crippen LogP contribution in [-0.4, -0.2) is 37.4 Å². The van der Waals surface area contributed by atoms with Crippen LogP contribution in [0.2, 0.25) is 0 Å². The van der Waals surface area contributed by atoms with Gasteiger partial charge in [-0.1, -0.05) is 25.1 Å². The lowest BCUT2D eigenvalue weighted by molar-refractivity contribution is -0.138. The minimum atomic E-state index is -4.42. The largest absolute Gasteiger partial charge is 0.416 e. The molecule has 1 saturated heterocycles. The summed E-state index contributed by atoms with van der Waals surface area (Å²) in [6, 6.07) is 5.08. The fraction of sp³-hybridized carbons (Fsp3) is 0.529. The van der Waals surface area contributed by atoms with Gasteiger partial charge in [0.15, 0.2) is 0 Å². The van der Waals surface area contributed by atoms with Gasteiger partial charge in [0.25, 0.3) is 0 Å². The summed E-state index contributed by atoms with van der Waals surface area (Å²) in [6.07, 6.45) is -2.46. The van der Waals surface area contributed by atoms with Gasteiger partial charge in [-0.25, -0.2) is 9.67 Å². The van der Waals surface area contributed by atoms with Crippen molar-refractivity contribution in [3.8, 4) is 0 Å². The van der Waals surface area contributed by atoms with Crippen molar-refractivity contribution in [2.24, 2.45) is 0 Å². The molecule has 2 atom stereocenters. The van der Waals surface area contributed by atoms with Crippen molar-refractivity contribution in [1.29, 1.82) is 0 Å². The monoisotopic (exact) mass is 354 g/mol. The lowest BCUT2D eigenvalue weighted by atomic mass is 9.97. The predicted molar refractivity (Wildman–Crippen MR) is 85.5 cm³/mol. The van der Waals surface area contributed by atoms with Gasteiger partial charge in [-0.15, -0.1) is 0 Å². The highest BCUT2D eigenvalue weighted by molar-refractivity contribution is 5.33. The van der Waals surface area contributed by atoms with E-state index >= 15 is 0 Å². The summed E-state index contributed by atoms with van der Waals surface area (Å²) < 4.78 is 41.8. The number of aliphatic hydroxyl groups excluding tert-OH is 1. The summed E-state index contributed by atoms with van der Waals surface area (Å²) in [7, 11) is 0. The zero-order valence-corrected chi connectivity index (χ0v) is 13.9. The van der Waals surface area contributed by atoms with Crippen molar-refractivity contribution < 1.29 is 18.3 Å². The lowest BCUT2D eigenvalue weighted by Gasteiger charge is -2.26. The van der Waals surface area contributed by atoms with Gasteiger partial charge in [0.05, 0.1) is 18.2 Å². The van der Waals surface area contributed by atoms with Gasteiger partial charge in [0, 0.05) is 19.1 Å². The molecule has 5 nitrogen and oxygen atoms in total. The molecule has 0 saturated carbocycles. The van der Waals surface area contributed by atoms with Crippen LogP contribution in [0.3, 0.4) is 0 Å². The van der Waals surface area contributed by atoms with Gasteiger partial charge >= 0.3 is 6.18 Å². The second kappa shape index (κ2) is 7.13. The van der Waals surface area contributed by atoms with Crippen LogP contribution in [-0.2, 0) is 19.3 Å². The maximum Gasteiger partial charge on any atom is 0.416 e. The Balaban J connectivity index is 1.89. The summed E-state index contributed by atoms with van der Waals surface area (Å²) in [5.74, 6) is 0.699. The van der Waals surface area contributed by atoms with E-state index in [0.29, 0.717) is 25.5 Å². The van der Waals surface area contributed by atoms with Gasteiger partial charge in [-0.05, 0) is 24.5 Å². The number of hydrogen-bond donors (Lipinski definition) is 1. The number of nitrogens with zero attached hydrogens (tertiary/aromatic N) is 4. The maximum atomic E-state index is 13.4. The van der Waals surface area contributed by atoms with Crippen molar-refractivity contribution in [1.82, 2.24) is 19.7 Å². The number of halogens is 3. The number of aromatic nitrogens is 3. The highest BCUT2D eigenvalue weighted by Crippen LogP contribution is 2.40. The number of β-amino-alcohol motifs (C(OH)–C–C–N with tert-alkyl or cyclic N) is 1. The summed E-state index contributed by atoms with van der Waals surface area (Å²) in [5.41, 5.74) is -0.442. The van der Waals surface area contributed by atoms with Crippen LogP contribution in [0.5, 0.6) is 0 Å². The molecule has 0 amide bonds. The Hall–Kier alpha value is -1.93. The Labute approximate surface area is 144 Å². The van der Waals surface area contributed by atoms with Gasteiger partial charge < -0.3 is 5.11 Å². The predicted octanol–water partition coefficient (Wildman–Crippen LogP) is 3.01. The Morgan fingerprint density at radius 1 is 1.28 bits per heavy atom. The maximum absolute atomic E-state index is 13.4. The fourth-order valence-electron chi connectivity index (χ4n) is 3.41. The molecule has 2 heterocycles. The van der Waals surface area contributed by atoms with Crippen molar-refractivity contribution in [3.63, 3.8) is 0 Å². The van der Waals surface area contributed by atoms with Crippen LogP contribution in [0.15, 0.2) is 30.6 Å². The highest BCUT2D eigenvalue weighted by atomic mass is 19.4. The van der Waals surface area contributed by atoms with E-state index in [4.69, 9.17) is 0 Å². The first-order chi connectivity index (χ1) is 11.9. The van der Waals surface area contributed by atoms with Crippen molar-refractivity contribution in [2.45, 2.75) is 51.2 Å². The standard InChI is InChI=1S/C17H21F3N4O/c1-2-7-24-16(21-11-22-24)10-23-9-12(25)8-15(23)13-5-3-4-6-14(13)17(18,19)20/h3-6,11-12,15,25H,2,7-10H2,1H3. The molecule has 0 spiro atoms. The summed E-state index contributed by atoms with van der Waals surface area (Å²) in [4.78, 5) is 6.08. The van der Waals surface area contributed by atoms with Crippen LogP contribution in [0.25, 0.3) is 0 Å². The van der Waals surface area contributed by atoms with Gasteiger partial charge in [-0.2, -0.15) is 18.3 Å². The molecule has 8 heteroatoms. The molecular formula is C17H21F3N4O. The third-order valence-electron chi connectivity index (χ3n) is 4.48. The molecule has 3 rings (SSSR count). The normalized spacial score (nSPS) is 21.8. The first-order valence-electron chi connectivity index (χ1n) is 8.35. The third-order valence-corrected chi connectivity index (χ3v) is 4.48. The minimum Gasteiger partial charge on any atom is -0.392 e. The Morgan fingerprint density at radius 3 is 2.76 bits per heavy atom. The van der Waals surface area contributed by atoms with Crippen molar-refractivity contribution >= 4 is 0 Å². The number of alkyl halides is 3. The summed E-state index contributed by atoms with van der Waals surface area (Å²) >= 11 is 0. The van der Waals surface area contributed by atoms with E-state index in [2.05, 4.69) is 10.1 Å². The topological polar surface area (TPSA) is 54.2 Å². The van der Waals surface area contributed by atoms with E-state index in [9.17, 15) is 18.3 Å². The Bertz CT molecular complexity index is 716. The molecular weight excluding hydrogens is 333 g/mol. The number of benzene rings is 1. The number of hydrogen-bond acceptors (Lipinski definition) is 4. The molecule has 0 bridgehead atoms. The fourth-order valence-corrected chi connectivity index (χ4v) is 3.41. The van der Waals surface area contributed by atoms with Gasteiger partial charge in [0.1, 0.15) is 12.2 Å². The second-order valence-electron chi connectivity index (χ2n) is 6.32. The Morgan fingerprint density at radius 2 is 2.04 bits per heavy atom. The van der Waals surface area contributed by atoms with E-state index in [-0.39, 0.29) is 12.0 Å². The van der Waals surface area contributed by atoms with Crippen LogP contribution < -0.4 is 0 Å². The van der Waals surface area contributed by atoms with E-state index in [1.165, 1.54) is 18.5 Å². The Kier molecular flexibility index (Phi) is 5.10. The molecule has 136 valence electrons. The first-order valence-corrected chi connectivity index (χ1v) is 8.35. The number of aryl methyl sites for hydroxylation is 1. The molecule has 1 aromatic carbocycles. The first kappa shape index (κ1) is 17.9. The number of aliphatic hydroxyl groups is 1. The van der Waals surface area contributed by atoms with Gasteiger partial charge in [0.2, 0.25) is 0 Å². The van der Waals surface area contributed by atoms with Crippen molar-refractivity contribution in [2.75, 3.05) is 6.54 Å². The van der Waals surface area contributed by atoms with E-state index in [1.54, 1.807) is 10.7 Å². The van der Waals surface area contributed by atoms with E-state index in [0.717, 1.165) is 12.5 Å². The zero-order chi connectivity index (χ0) is 18.0. The average Bonchev–Trinajstić information content (AvgIpc) is 3.14. The van der Waals surface area contributed by atoms with Crippen LogP contribution in [0, 0.1) is 0 Å². The quantitative estimate of drug-likeness (QED) is 0.897. The van der Waals surface area contributed by atoms with Gasteiger partial charge in [-0.3, -0.25) is 4.90 Å². The number of rotatable bonds is 5. The molecule has 1 N–H and O–H groups in total. The molecule has 2 aromatic rings. The SMILES string of the molecule is CCCn1ncnc1CN1CC(O)CC1c1ccccc1C(F)(F)F. The second-order valence-corrected chi connectivity index (χ2v) is 6.32. The third kappa shape index (κ3) is 3.85. The molecule has 1 aliphatic heterocycles. The van der Waals surface area contributed by atoms with Crippen LogP contribution in [0.4, 0.5) is 13.2 Å². The smallest absolute Gasteiger partial charge is 0.392 e. The van der Waals surface area contributed by atoms with Crippen LogP contribution >= 0.6 is 0 Å². The molecule has 1 aromatic heterocycles. The summed E-state index contributed by atoms with van der Waals surface area (Å²) in [6.45, 7) is 3.40. The summed E-state index contributed by atoms with van der Waals surface area (Å²) in [5, 5.41) is 14.2. The molecule has 1 aliphatic rings. The molecule has 25 heavy (non-hydrogen) atoms. The molecule has 0 aliphatic carbocycles. The lowest BCUT2D eigenvalue weighted by Crippen LogP contribution is -2.27. The average molecular weight is 354 g/mol. The van der Waals surface area contributed by atoms with E-state index < -0.39 is 23.9 Å². The highest BCUT2D eigenvalue weighted by Gasteiger charge is 2.40. The minimum absolute atomic E-state index is 0.202. The molecule has 2 unspecified atom stereocenters. The molecule has 1 fully saturated rings. The zero-order valence-electron chi connectivity index (χ0n) is 13.9. The van der Waals surface area contributed by atoms with Crippen molar-refractivity contribution in [3.05, 3.63) is 47.5 Å². The molecule has 0 radical (unpaired) electrons. The van der Waals surface area contributed by atoms with Crippen LogP contribution in [0.1, 0.15) is 42.8 Å².